The van der Waals surface area contributed by atoms with Gasteiger partial charge in [-0.15, -0.1) is 0 Å². The zero-order chi connectivity index (χ0) is 14.1. The second-order valence-electron chi connectivity index (χ2n) is 5.53. The number of nitrogens with zero attached hydrogens (tertiary/aromatic N) is 2. The predicted octanol–water partition coefficient (Wildman–Crippen LogP) is 3.23. The van der Waals surface area contributed by atoms with Crippen LogP contribution >= 0.6 is 0 Å². The van der Waals surface area contributed by atoms with Gasteiger partial charge in [0.15, 0.2) is 0 Å². The van der Waals surface area contributed by atoms with Crippen LogP contribution < -0.4 is 0 Å². The molecule has 3 heteroatoms. The minimum Gasteiger partial charge on any atom is -0.386 e. The molecule has 0 aliphatic heterocycles. The molecule has 1 aromatic carbocycles. The smallest absolute Gasteiger partial charge is 0.102 e. The van der Waals surface area contributed by atoms with E-state index >= 15 is 0 Å². The predicted molar refractivity (Wildman–Crippen MR) is 79.7 cm³/mol. The number of benzene rings is 1. The molecular formula is C17H22N2O. The fourth-order valence-electron chi connectivity index (χ4n) is 3.19. The van der Waals surface area contributed by atoms with Gasteiger partial charge in [0.1, 0.15) is 6.10 Å². The van der Waals surface area contributed by atoms with Gasteiger partial charge in [0, 0.05) is 5.69 Å². The van der Waals surface area contributed by atoms with Gasteiger partial charge in [-0.05, 0) is 42.9 Å². The number of aliphatic hydroxyl groups excluding tert-OH is 1. The molecule has 3 nitrogen and oxygen atoms in total. The second-order valence-corrected chi connectivity index (χ2v) is 5.53. The summed E-state index contributed by atoms with van der Waals surface area (Å²) in [4.78, 5) is 0. The van der Waals surface area contributed by atoms with Crippen LogP contribution in [0.5, 0.6) is 0 Å². The molecule has 1 heterocycles. The summed E-state index contributed by atoms with van der Waals surface area (Å²) in [5.41, 5.74) is 4.69. The molecule has 0 fully saturated rings. The second kappa shape index (κ2) is 5.41. The van der Waals surface area contributed by atoms with Crippen molar-refractivity contribution in [1.29, 1.82) is 0 Å². The van der Waals surface area contributed by atoms with Gasteiger partial charge in [0.2, 0.25) is 0 Å². The van der Waals surface area contributed by atoms with Gasteiger partial charge in [-0.3, -0.25) is 4.68 Å². The molecule has 2 aromatic rings. The molecular weight excluding hydrogens is 248 g/mol. The highest BCUT2D eigenvalue weighted by atomic mass is 16.3. The Hall–Kier alpha value is -1.61. The van der Waals surface area contributed by atoms with Crippen LogP contribution in [0.3, 0.4) is 0 Å². The molecule has 0 radical (unpaired) electrons. The first-order valence-corrected chi connectivity index (χ1v) is 7.57. The molecule has 0 spiro atoms. The van der Waals surface area contributed by atoms with Gasteiger partial charge >= 0.3 is 0 Å². The monoisotopic (exact) mass is 270 g/mol. The normalized spacial score (nSPS) is 21.8. The molecule has 2 unspecified atom stereocenters. The lowest BCUT2D eigenvalue weighted by Gasteiger charge is -2.31. The van der Waals surface area contributed by atoms with E-state index in [9.17, 15) is 5.11 Å². The average Bonchev–Trinajstić information content (AvgIpc) is 2.91. The maximum Gasteiger partial charge on any atom is 0.102 e. The molecule has 106 valence electrons. The Bertz CT molecular complexity index is 603. The highest BCUT2D eigenvalue weighted by molar-refractivity contribution is 5.32. The molecule has 0 amide bonds. The number of hydrogen-bond acceptors (Lipinski definition) is 2. The number of hydrogen-bond donors (Lipinski definition) is 1. The topological polar surface area (TPSA) is 38.0 Å². The summed E-state index contributed by atoms with van der Waals surface area (Å²) in [6, 6.07) is 10.5. The molecule has 20 heavy (non-hydrogen) atoms. The van der Waals surface area contributed by atoms with E-state index in [0.717, 1.165) is 36.9 Å². The fourth-order valence-corrected chi connectivity index (χ4v) is 3.19. The van der Waals surface area contributed by atoms with Crippen LogP contribution in [0, 0.1) is 0 Å². The number of rotatable bonds is 3. The third kappa shape index (κ3) is 2.16. The van der Waals surface area contributed by atoms with Crippen LogP contribution in [-0.4, -0.2) is 14.9 Å². The zero-order valence-electron chi connectivity index (χ0n) is 12.2. The maximum absolute atomic E-state index is 10.7. The Kier molecular flexibility index (Phi) is 3.62. The highest BCUT2D eigenvalue weighted by Gasteiger charge is 2.30. The maximum atomic E-state index is 10.7. The Morgan fingerprint density at radius 1 is 1.25 bits per heavy atom. The molecule has 1 aromatic heterocycles. The van der Waals surface area contributed by atoms with Gasteiger partial charge in [-0.1, -0.05) is 38.1 Å². The lowest BCUT2D eigenvalue weighted by molar-refractivity contribution is 0.0904. The molecule has 1 aliphatic rings. The van der Waals surface area contributed by atoms with Crippen LogP contribution in [0.25, 0.3) is 0 Å². The van der Waals surface area contributed by atoms with E-state index in [1.54, 1.807) is 0 Å². The van der Waals surface area contributed by atoms with Crippen molar-refractivity contribution in [3.8, 4) is 0 Å². The van der Waals surface area contributed by atoms with Crippen molar-refractivity contribution in [2.45, 2.75) is 51.7 Å². The van der Waals surface area contributed by atoms with Gasteiger partial charge < -0.3 is 5.11 Å². The Balaban J connectivity index is 1.98. The quantitative estimate of drug-likeness (QED) is 0.930. The van der Waals surface area contributed by atoms with Crippen LogP contribution in [0.15, 0.2) is 30.3 Å². The number of aliphatic hydroxyl groups is 1. The number of aryl methyl sites for hydroxylation is 3. The van der Waals surface area contributed by atoms with Crippen molar-refractivity contribution in [2.75, 3.05) is 0 Å². The van der Waals surface area contributed by atoms with Crippen molar-refractivity contribution in [2.24, 2.45) is 0 Å². The third-order valence-corrected chi connectivity index (χ3v) is 4.35. The van der Waals surface area contributed by atoms with Crippen LogP contribution in [0.2, 0.25) is 0 Å². The molecule has 0 saturated carbocycles. The minimum absolute atomic E-state index is 0.0696. The van der Waals surface area contributed by atoms with Crippen molar-refractivity contribution in [3.63, 3.8) is 0 Å². The average molecular weight is 270 g/mol. The van der Waals surface area contributed by atoms with E-state index in [1.165, 1.54) is 11.3 Å². The first-order valence-electron chi connectivity index (χ1n) is 7.57. The van der Waals surface area contributed by atoms with Crippen molar-refractivity contribution in [3.05, 3.63) is 52.8 Å². The highest BCUT2D eigenvalue weighted by Crippen LogP contribution is 2.37. The van der Waals surface area contributed by atoms with Gasteiger partial charge in [-0.25, -0.2) is 0 Å². The lowest BCUT2D eigenvalue weighted by atomic mass is 9.86. The molecule has 2 atom stereocenters. The SMILES string of the molecule is CCc1cc(CC)n(C2CCc3ccccc3C2O)n1. The Labute approximate surface area is 120 Å². The number of fused-ring (bicyclic) bond motifs is 1. The fraction of sp³-hybridized carbons (Fsp3) is 0.471. The first-order chi connectivity index (χ1) is 9.74. The van der Waals surface area contributed by atoms with Crippen LogP contribution in [-0.2, 0) is 19.3 Å². The van der Waals surface area contributed by atoms with Crippen molar-refractivity contribution in [1.82, 2.24) is 9.78 Å². The summed E-state index contributed by atoms with van der Waals surface area (Å²) in [6.45, 7) is 4.27. The van der Waals surface area contributed by atoms with Crippen molar-refractivity contribution < 1.29 is 5.11 Å². The summed E-state index contributed by atoms with van der Waals surface area (Å²) in [5.74, 6) is 0. The summed E-state index contributed by atoms with van der Waals surface area (Å²) >= 11 is 0. The van der Waals surface area contributed by atoms with Gasteiger partial charge in [0.05, 0.1) is 11.7 Å². The standard InChI is InChI=1S/C17H22N2O/c1-3-13-11-14(4-2)19(18-13)16-10-9-12-7-5-6-8-15(12)17(16)20/h5-8,11,16-17,20H,3-4,9-10H2,1-2H3. The van der Waals surface area contributed by atoms with Gasteiger partial charge in [-0.2, -0.15) is 5.10 Å². The van der Waals surface area contributed by atoms with E-state index in [1.807, 2.05) is 18.2 Å². The molecule has 3 rings (SSSR count). The van der Waals surface area contributed by atoms with Crippen LogP contribution in [0.1, 0.15) is 54.9 Å². The molecule has 0 saturated heterocycles. The van der Waals surface area contributed by atoms with E-state index in [0.29, 0.717) is 0 Å². The zero-order valence-corrected chi connectivity index (χ0v) is 12.2. The summed E-state index contributed by atoms with van der Waals surface area (Å²) in [5, 5.41) is 15.4. The Morgan fingerprint density at radius 2 is 2.05 bits per heavy atom. The lowest BCUT2D eigenvalue weighted by Crippen LogP contribution is -2.26. The minimum atomic E-state index is -0.449. The third-order valence-electron chi connectivity index (χ3n) is 4.35. The van der Waals surface area contributed by atoms with E-state index in [4.69, 9.17) is 5.10 Å². The van der Waals surface area contributed by atoms with E-state index in [-0.39, 0.29) is 6.04 Å². The molecule has 0 bridgehead atoms. The summed E-state index contributed by atoms with van der Waals surface area (Å²) in [6.07, 6.45) is 3.42. The van der Waals surface area contributed by atoms with Crippen molar-refractivity contribution >= 4 is 0 Å². The van der Waals surface area contributed by atoms with Crippen LogP contribution in [0.4, 0.5) is 0 Å². The largest absolute Gasteiger partial charge is 0.386 e. The molecule has 1 aliphatic carbocycles. The first kappa shape index (κ1) is 13.4. The Morgan fingerprint density at radius 3 is 2.80 bits per heavy atom. The number of aromatic nitrogens is 2. The van der Waals surface area contributed by atoms with E-state index < -0.39 is 6.10 Å². The summed E-state index contributed by atoms with van der Waals surface area (Å²) < 4.78 is 2.07. The molecule has 1 N–H and O–H groups in total. The van der Waals surface area contributed by atoms with E-state index in [2.05, 4.69) is 30.7 Å². The van der Waals surface area contributed by atoms with Gasteiger partial charge in [0.25, 0.3) is 0 Å². The summed E-state index contributed by atoms with van der Waals surface area (Å²) in [7, 11) is 0.